The highest BCUT2D eigenvalue weighted by Gasteiger charge is 2.18. The SMILES string of the molecule is CC(C)(C)NCCNCC1COc2ccccc2C1. The van der Waals surface area contributed by atoms with Crippen LogP contribution >= 0.6 is 0 Å². The summed E-state index contributed by atoms with van der Waals surface area (Å²) in [6, 6.07) is 8.36. The van der Waals surface area contributed by atoms with E-state index >= 15 is 0 Å². The highest BCUT2D eigenvalue weighted by molar-refractivity contribution is 5.35. The predicted molar refractivity (Wildman–Crippen MR) is 79.8 cm³/mol. The van der Waals surface area contributed by atoms with E-state index in [1.165, 1.54) is 5.56 Å². The Balaban J connectivity index is 1.66. The van der Waals surface area contributed by atoms with Crippen LogP contribution in [-0.4, -0.2) is 31.8 Å². The van der Waals surface area contributed by atoms with Crippen molar-refractivity contribution >= 4 is 0 Å². The first kappa shape index (κ1) is 14.4. The number of hydrogen-bond acceptors (Lipinski definition) is 3. The minimum Gasteiger partial charge on any atom is -0.493 e. The van der Waals surface area contributed by atoms with Gasteiger partial charge in [-0.3, -0.25) is 0 Å². The van der Waals surface area contributed by atoms with Gasteiger partial charge >= 0.3 is 0 Å². The largest absolute Gasteiger partial charge is 0.493 e. The minimum atomic E-state index is 0.203. The third-order valence-corrected chi connectivity index (χ3v) is 3.35. The lowest BCUT2D eigenvalue weighted by atomic mass is 9.97. The van der Waals surface area contributed by atoms with Crippen LogP contribution in [0.25, 0.3) is 0 Å². The number of fused-ring (bicyclic) bond motifs is 1. The number of benzene rings is 1. The fourth-order valence-corrected chi connectivity index (χ4v) is 2.35. The van der Waals surface area contributed by atoms with Gasteiger partial charge < -0.3 is 15.4 Å². The Morgan fingerprint density at radius 2 is 2.00 bits per heavy atom. The van der Waals surface area contributed by atoms with E-state index < -0.39 is 0 Å². The number of nitrogens with one attached hydrogen (secondary N) is 2. The molecule has 0 amide bonds. The molecule has 0 spiro atoms. The third kappa shape index (κ3) is 4.84. The molecule has 19 heavy (non-hydrogen) atoms. The summed E-state index contributed by atoms with van der Waals surface area (Å²) in [5, 5.41) is 7.00. The first-order valence-corrected chi connectivity index (χ1v) is 7.21. The molecule has 0 fully saturated rings. The van der Waals surface area contributed by atoms with Crippen LogP contribution in [-0.2, 0) is 6.42 Å². The molecule has 1 atom stereocenters. The van der Waals surface area contributed by atoms with Crippen molar-refractivity contribution in [3.63, 3.8) is 0 Å². The van der Waals surface area contributed by atoms with Crippen LogP contribution in [0.1, 0.15) is 26.3 Å². The summed E-state index contributed by atoms with van der Waals surface area (Å²) >= 11 is 0. The van der Waals surface area contributed by atoms with E-state index in [4.69, 9.17) is 4.74 Å². The maximum atomic E-state index is 5.79. The molecule has 0 aromatic heterocycles. The second kappa shape index (κ2) is 6.40. The average Bonchev–Trinajstić information content (AvgIpc) is 2.37. The van der Waals surface area contributed by atoms with Crippen molar-refractivity contribution in [3.05, 3.63) is 29.8 Å². The van der Waals surface area contributed by atoms with Gasteiger partial charge in [-0.15, -0.1) is 0 Å². The van der Waals surface area contributed by atoms with Gasteiger partial charge in [0.05, 0.1) is 6.61 Å². The Morgan fingerprint density at radius 1 is 1.21 bits per heavy atom. The first-order chi connectivity index (χ1) is 9.04. The van der Waals surface area contributed by atoms with E-state index in [1.807, 2.05) is 6.07 Å². The zero-order chi connectivity index (χ0) is 13.7. The number of hydrogen-bond donors (Lipinski definition) is 2. The lowest BCUT2D eigenvalue weighted by molar-refractivity contribution is 0.218. The van der Waals surface area contributed by atoms with Crippen LogP contribution in [0.2, 0.25) is 0 Å². The number of rotatable bonds is 5. The summed E-state index contributed by atoms with van der Waals surface area (Å²) in [5.41, 5.74) is 1.54. The zero-order valence-corrected chi connectivity index (χ0v) is 12.3. The van der Waals surface area contributed by atoms with Gasteiger partial charge in [0.1, 0.15) is 5.75 Å². The molecule has 0 saturated carbocycles. The van der Waals surface area contributed by atoms with E-state index in [2.05, 4.69) is 49.6 Å². The molecule has 0 saturated heterocycles. The van der Waals surface area contributed by atoms with Crippen LogP contribution in [0.15, 0.2) is 24.3 Å². The van der Waals surface area contributed by atoms with Gasteiger partial charge in [-0.1, -0.05) is 18.2 Å². The molecule has 3 heteroatoms. The van der Waals surface area contributed by atoms with Crippen molar-refractivity contribution < 1.29 is 4.74 Å². The minimum absolute atomic E-state index is 0.203. The first-order valence-electron chi connectivity index (χ1n) is 7.21. The summed E-state index contributed by atoms with van der Waals surface area (Å²) in [6.07, 6.45) is 1.12. The predicted octanol–water partition coefficient (Wildman–Crippen LogP) is 2.22. The van der Waals surface area contributed by atoms with Gasteiger partial charge in [0.2, 0.25) is 0 Å². The van der Waals surface area contributed by atoms with Gasteiger partial charge in [0, 0.05) is 31.1 Å². The fourth-order valence-electron chi connectivity index (χ4n) is 2.35. The van der Waals surface area contributed by atoms with E-state index in [0.717, 1.165) is 38.4 Å². The van der Waals surface area contributed by atoms with E-state index in [0.29, 0.717) is 5.92 Å². The summed E-state index contributed by atoms with van der Waals surface area (Å²) in [7, 11) is 0. The standard InChI is InChI=1S/C16H26N2O/c1-16(2,3)18-9-8-17-11-13-10-14-6-4-5-7-15(14)19-12-13/h4-7,13,17-18H,8-12H2,1-3H3. The molecule has 2 rings (SSSR count). The monoisotopic (exact) mass is 262 g/mol. The Kier molecular flexibility index (Phi) is 4.83. The van der Waals surface area contributed by atoms with Gasteiger partial charge in [0.25, 0.3) is 0 Å². The summed E-state index contributed by atoms with van der Waals surface area (Å²) in [5.74, 6) is 1.65. The van der Waals surface area contributed by atoms with E-state index in [9.17, 15) is 0 Å². The van der Waals surface area contributed by atoms with Gasteiger partial charge in [-0.2, -0.15) is 0 Å². The molecule has 1 heterocycles. The van der Waals surface area contributed by atoms with Gasteiger partial charge in [-0.05, 0) is 38.8 Å². The summed E-state index contributed by atoms with van der Waals surface area (Å²) in [4.78, 5) is 0. The highest BCUT2D eigenvalue weighted by Crippen LogP contribution is 2.26. The lowest BCUT2D eigenvalue weighted by Gasteiger charge is -2.26. The smallest absolute Gasteiger partial charge is 0.122 e. The molecule has 1 aromatic carbocycles. The summed E-state index contributed by atoms with van der Waals surface area (Å²) in [6.45, 7) is 10.5. The van der Waals surface area contributed by atoms with E-state index in [1.54, 1.807) is 0 Å². The molecule has 1 aromatic rings. The molecule has 0 aliphatic carbocycles. The van der Waals surface area contributed by atoms with Crippen molar-refractivity contribution in [3.8, 4) is 5.75 Å². The van der Waals surface area contributed by atoms with Crippen molar-refractivity contribution in [1.82, 2.24) is 10.6 Å². The topological polar surface area (TPSA) is 33.3 Å². The second-order valence-electron chi connectivity index (χ2n) is 6.37. The van der Waals surface area contributed by atoms with Crippen LogP contribution in [0.5, 0.6) is 5.75 Å². The molecule has 0 radical (unpaired) electrons. The normalized spacial score (nSPS) is 18.8. The van der Waals surface area contributed by atoms with Crippen LogP contribution < -0.4 is 15.4 Å². The highest BCUT2D eigenvalue weighted by atomic mass is 16.5. The third-order valence-electron chi connectivity index (χ3n) is 3.35. The van der Waals surface area contributed by atoms with Crippen molar-refractivity contribution in [2.45, 2.75) is 32.7 Å². The van der Waals surface area contributed by atoms with E-state index in [-0.39, 0.29) is 5.54 Å². The summed E-state index contributed by atoms with van der Waals surface area (Å²) < 4.78 is 5.79. The number of para-hydroxylation sites is 1. The maximum absolute atomic E-state index is 5.79. The molecule has 106 valence electrons. The quantitative estimate of drug-likeness (QED) is 0.798. The molecule has 3 nitrogen and oxygen atoms in total. The van der Waals surface area contributed by atoms with Crippen molar-refractivity contribution in [2.75, 3.05) is 26.2 Å². The lowest BCUT2D eigenvalue weighted by Crippen LogP contribution is -2.41. The Labute approximate surface area is 116 Å². The van der Waals surface area contributed by atoms with Crippen LogP contribution in [0.4, 0.5) is 0 Å². The van der Waals surface area contributed by atoms with Crippen LogP contribution in [0.3, 0.4) is 0 Å². The maximum Gasteiger partial charge on any atom is 0.122 e. The van der Waals surface area contributed by atoms with Gasteiger partial charge in [0.15, 0.2) is 0 Å². The molecule has 2 N–H and O–H groups in total. The zero-order valence-electron chi connectivity index (χ0n) is 12.3. The molecule has 0 bridgehead atoms. The Morgan fingerprint density at radius 3 is 2.79 bits per heavy atom. The Hall–Kier alpha value is -1.06. The fraction of sp³-hybridized carbons (Fsp3) is 0.625. The Bertz CT molecular complexity index is 398. The van der Waals surface area contributed by atoms with Crippen molar-refractivity contribution in [1.29, 1.82) is 0 Å². The molecular weight excluding hydrogens is 236 g/mol. The molecule has 1 aliphatic heterocycles. The second-order valence-corrected chi connectivity index (χ2v) is 6.37. The number of ether oxygens (including phenoxy) is 1. The van der Waals surface area contributed by atoms with Crippen molar-refractivity contribution in [2.24, 2.45) is 5.92 Å². The van der Waals surface area contributed by atoms with Crippen LogP contribution in [0, 0.1) is 5.92 Å². The molecule has 1 aliphatic rings. The average molecular weight is 262 g/mol. The van der Waals surface area contributed by atoms with Gasteiger partial charge in [-0.25, -0.2) is 0 Å². The molecular formula is C16H26N2O. The molecule has 1 unspecified atom stereocenters.